The number of halogens is 4. The number of nitrogens with one attached hydrogen (secondary N) is 1. The van der Waals surface area contributed by atoms with Gasteiger partial charge in [0.2, 0.25) is 0 Å². The molecule has 1 heterocycles. The van der Waals surface area contributed by atoms with E-state index in [1.807, 2.05) is 0 Å². The van der Waals surface area contributed by atoms with Crippen molar-refractivity contribution in [3.63, 3.8) is 0 Å². The standard InChI is InChI=1S/C22H20F4N4O4/c23-17-10-14(18(27)29-21(33)22(24,25)26)6-7-16(17)19(31)28-11-15-12-34-9-8-30(15)20(32)13-4-2-1-3-5-13/h1-7,10,15H,8-9,11-12H2,(H,28,31)(H2,27,29,33). The van der Waals surface area contributed by atoms with Gasteiger partial charge in [0.15, 0.2) is 0 Å². The van der Waals surface area contributed by atoms with E-state index in [1.54, 1.807) is 35.2 Å². The van der Waals surface area contributed by atoms with Gasteiger partial charge in [-0.25, -0.2) is 4.39 Å². The SMILES string of the molecule is NC(=NC(=O)C(F)(F)F)c1ccc(C(=O)NCC2COCCN2C(=O)c2ccccc2)c(F)c1. The molecule has 0 bridgehead atoms. The third-order valence-electron chi connectivity index (χ3n) is 4.98. The molecule has 34 heavy (non-hydrogen) atoms. The largest absolute Gasteiger partial charge is 0.473 e. The number of hydrogen-bond acceptors (Lipinski definition) is 4. The minimum Gasteiger partial charge on any atom is -0.383 e. The molecule has 1 saturated heterocycles. The summed E-state index contributed by atoms with van der Waals surface area (Å²) in [5.74, 6) is -5.41. The van der Waals surface area contributed by atoms with Crippen molar-refractivity contribution in [2.45, 2.75) is 12.2 Å². The third kappa shape index (κ3) is 5.95. The molecule has 3 rings (SSSR count). The smallest absolute Gasteiger partial charge is 0.383 e. The molecule has 12 heteroatoms. The molecular formula is C22H20F4N4O4. The molecule has 1 fully saturated rings. The third-order valence-corrected chi connectivity index (χ3v) is 4.98. The molecule has 1 atom stereocenters. The summed E-state index contributed by atoms with van der Waals surface area (Å²) in [6.45, 7) is 0.786. The van der Waals surface area contributed by atoms with Crippen molar-refractivity contribution >= 4 is 23.6 Å². The maximum absolute atomic E-state index is 14.5. The Morgan fingerprint density at radius 3 is 2.47 bits per heavy atom. The van der Waals surface area contributed by atoms with Crippen LogP contribution in [0.4, 0.5) is 17.6 Å². The van der Waals surface area contributed by atoms with E-state index in [2.05, 4.69) is 10.3 Å². The van der Waals surface area contributed by atoms with Crippen molar-refractivity contribution in [2.24, 2.45) is 10.7 Å². The minimum absolute atomic E-state index is 0.0255. The number of alkyl halides is 3. The van der Waals surface area contributed by atoms with E-state index in [0.717, 1.165) is 12.1 Å². The lowest BCUT2D eigenvalue weighted by Crippen LogP contribution is -2.53. The quantitative estimate of drug-likeness (QED) is 0.386. The summed E-state index contributed by atoms with van der Waals surface area (Å²) in [5.41, 5.74) is 5.12. The average Bonchev–Trinajstić information content (AvgIpc) is 2.82. The van der Waals surface area contributed by atoms with E-state index < -0.39 is 41.2 Å². The first-order chi connectivity index (χ1) is 16.1. The highest BCUT2D eigenvalue weighted by atomic mass is 19.4. The highest BCUT2D eigenvalue weighted by molar-refractivity contribution is 6.06. The Kier molecular flexibility index (Phi) is 7.61. The van der Waals surface area contributed by atoms with Crippen LogP contribution in [0.1, 0.15) is 26.3 Å². The molecule has 3 amide bonds. The number of nitrogens with zero attached hydrogens (tertiary/aromatic N) is 2. The maximum Gasteiger partial charge on any atom is 0.473 e. The van der Waals surface area contributed by atoms with Crippen LogP contribution in [0.25, 0.3) is 0 Å². The van der Waals surface area contributed by atoms with Crippen LogP contribution < -0.4 is 11.1 Å². The Balaban J connectivity index is 1.67. The zero-order valence-electron chi connectivity index (χ0n) is 17.6. The number of amides is 3. The maximum atomic E-state index is 14.5. The van der Waals surface area contributed by atoms with Crippen LogP contribution in [-0.2, 0) is 9.53 Å². The van der Waals surface area contributed by atoms with Gasteiger partial charge in [0.1, 0.15) is 11.7 Å². The van der Waals surface area contributed by atoms with Crippen molar-refractivity contribution in [3.8, 4) is 0 Å². The molecule has 0 aromatic heterocycles. The fourth-order valence-electron chi connectivity index (χ4n) is 3.24. The molecule has 180 valence electrons. The fourth-order valence-corrected chi connectivity index (χ4v) is 3.24. The summed E-state index contributed by atoms with van der Waals surface area (Å²) in [6.07, 6.45) is -5.22. The molecular weight excluding hydrogens is 460 g/mol. The second kappa shape index (κ2) is 10.4. The molecule has 8 nitrogen and oxygen atoms in total. The lowest BCUT2D eigenvalue weighted by Gasteiger charge is -2.35. The van der Waals surface area contributed by atoms with Crippen LogP contribution in [0, 0.1) is 5.82 Å². The van der Waals surface area contributed by atoms with E-state index >= 15 is 0 Å². The predicted molar refractivity (Wildman–Crippen MR) is 113 cm³/mol. The van der Waals surface area contributed by atoms with Gasteiger partial charge in [0, 0.05) is 24.2 Å². The number of hydrogen-bond donors (Lipinski definition) is 2. The monoisotopic (exact) mass is 480 g/mol. The Morgan fingerprint density at radius 1 is 1.12 bits per heavy atom. The van der Waals surface area contributed by atoms with Gasteiger partial charge >= 0.3 is 12.1 Å². The second-order valence-corrected chi connectivity index (χ2v) is 7.30. The molecule has 0 spiro atoms. The Bertz CT molecular complexity index is 1110. The van der Waals surface area contributed by atoms with Crippen molar-refractivity contribution < 1.29 is 36.7 Å². The fraction of sp³-hybridized carbons (Fsp3) is 0.273. The zero-order valence-corrected chi connectivity index (χ0v) is 17.6. The summed E-state index contributed by atoms with van der Waals surface area (Å²) in [4.78, 5) is 40.5. The number of rotatable bonds is 5. The molecule has 1 unspecified atom stereocenters. The van der Waals surface area contributed by atoms with Crippen molar-refractivity contribution in [1.82, 2.24) is 10.2 Å². The highest BCUT2D eigenvalue weighted by Gasteiger charge is 2.39. The van der Waals surface area contributed by atoms with Gasteiger partial charge < -0.3 is 20.7 Å². The number of aliphatic imine (C=N–C) groups is 1. The summed E-state index contributed by atoms with van der Waals surface area (Å²) in [7, 11) is 0. The molecule has 2 aromatic rings. The Labute approximate surface area is 191 Å². The predicted octanol–water partition coefficient (Wildman–Crippen LogP) is 1.89. The lowest BCUT2D eigenvalue weighted by atomic mass is 10.1. The molecule has 1 aliphatic heterocycles. The van der Waals surface area contributed by atoms with Gasteiger partial charge in [0.05, 0.1) is 24.8 Å². The van der Waals surface area contributed by atoms with Gasteiger partial charge in [0.25, 0.3) is 11.8 Å². The summed E-state index contributed by atoms with van der Waals surface area (Å²) >= 11 is 0. The van der Waals surface area contributed by atoms with Gasteiger partial charge in [-0.1, -0.05) is 24.3 Å². The summed E-state index contributed by atoms with van der Waals surface area (Å²) < 4.78 is 56.8. The molecule has 0 aliphatic carbocycles. The van der Waals surface area contributed by atoms with Crippen molar-refractivity contribution in [2.75, 3.05) is 26.3 Å². The van der Waals surface area contributed by atoms with Gasteiger partial charge in [-0.2, -0.15) is 18.2 Å². The average molecular weight is 480 g/mol. The molecule has 0 radical (unpaired) electrons. The first-order valence-corrected chi connectivity index (χ1v) is 10.0. The Hall–Kier alpha value is -3.80. The van der Waals surface area contributed by atoms with Gasteiger partial charge in [-0.15, -0.1) is 0 Å². The summed E-state index contributed by atoms with van der Waals surface area (Å²) in [5, 5.41) is 2.53. The number of carbonyl (C=O) groups excluding carboxylic acids is 3. The van der Waals surface area contributed by atoms with Crippen LogP contribution in [0.3, 0.4) is 0 Å². The molecule has 2 aromatic carbocycles. The number of morpholine rings is 1. The highest BCUT2D eigenvalue weighted by Crippen LogP contribution is 2.18. The van der Waals surface area contributed by atoms with Crippen molar-refractivity contribution in [3.05, 3.63) is 71.0 Å². The number of benzene rings is 2. The van der Waals surface area contributed by atoms with E-state index in [9.17, 15) is 31.9 Å². The topological polar surface area (TPSA) is 114 Å². The Morgan fingerprint density at radius 2 is 1.82 bits per heavy atom. The van der Waals surface area contributed by atoms with Crippen molar-refractivity contribution in [1.29, 1.82) is 0 Å². The molecule has 3 N–H and O–H groups in total. The molecule has 0 saturated carbocycles. The molecule has 1 aliphatic rings. The minimum atomic E-state index is -5.22. The van der Waals surface area contributed by atoms with E-state index in [0.29, 0.717) is 24.8 Å². The first-order valence-electron chi connectivity index (χ1n) is 10.0. The first kappa shape index (κ1) is 24.8. The van der Waals surface area contributed by atoms with Crippen LogP contribution in [0.15, 0.2) is 53.5 Å². The van der Waals surface area contributed by atoms with Crippen LogP contribution in [0.2, 0.25) is 0 Å². The van der Waals surface area contributed by atoms with Crippen LogP contribution in [0.5, 0.6) is 0 Å². The normalized spacial score (nSPS) is 16.8. The number of carbonyl (C=O) groups is 3. The zero-order chi connectivity index (χ0) is 24.9. The summed E-state index contributed by atoms with van der Waals surface area (Å²) in [6, 6.07) is 10.8. The van der Waals surface area contributed by atoms with Gasteiger partial charge in [-0.3, -0.25) is 14.4 Å². The number of ether oxygens (including phenoxy) is 1. The van der Waals surface area contributed by atoms with Crippen LogP contribution >= 0.6 is 0 Å². The lowest BCUT2D eigenvalue weighted by molar-refractivity contribution is -0.169. The number of amidine groups is 1. The van der Waals surface area contributed by atoms with E-state index in [4.69, 9.17) is 10.5 Å². The number of nitrogens with two attached hydrogens (primary N) is 1. The van der Waals surface area contributed by atoms with Gasteiger partial charge in [-0.05, 0) is 24.3 Å². The second-order valence-electron chi connectivity index (χ2n) is 7.30. The van der Waals surface area contributed by atoms with E-state index in [1.165, 1.54) is 0 Å². The van der Waals surface area contributed by atoms with E-state index in [-0.39, 0.29) is 24.6 Å². The van der Waals surface area contributed by atoms with Crippen LogP contribution in [-0.4, -0.2) is 67.0 Å².